The lowest BCUT2D eigenvalue weighted by Gasteiger charge is -2.22. The van der Waals surface area contributed by atoms with Crippen molar-refractivity contribution in [1.82, 2.24) is 20.2 Å². The fourth-order valence-electron chi connectivity index (χ4n) is 3.11. The van der Waals surface area contributed by atoms with Crippen LogP contribution in [0.2, 0.25) is 0 Å². The Morgan fingerprint density at radius 2 is 1.95 bits per heavy atom. The van der Waals surface area contributed by atoms with Gasteiger partial charge in [-0.2, -0.15) is 5.10 Å². The molecule has 5 nitrogen and oxygen atoms in total. The van der Waals surface area contributed by atoms with Crippen LogP contribution in [0, 0.1) is 0 Å². The first-order valence-electron chi connectivity index (χ1n) is 7.77. The van der Waals surface area contributed by atoms with Crippen molar-refractivity contribution >= 4 is 0 Å². The molecule has 0 aliphatic heterocycles. The van der Waals surface area contributed by atoms with E-state index in [1.54, 1.807) is 12.4 Å². The highest BCUT2D eigenvalue weighted by molar-refractivity contribution is 5.17. The predicted molar refractivity (Wildman–Crippen MR) is 82.4 cm³/mol. The number of hydrogen-bond donors (Lipinski definition) is 2. The van der Waals surface area contributed by atoms with Crippen molar-refractivity contribution in [2.75, 3.05) is 0 Å². The van der Waals surface area contributed by atoms with Crippen molar-refractivity contribution in [2.45, 2.75) is 50.6 Å². The summed E-state index contributed by atoms with van der Waals surface area (Å²) in [5, 5.41) is 4.75. The maximum Gasteiger partial charge on any atom is 0.0644 e. The number of aromatic nitrogens is 3. The first-order valence-corrected chi connectivity index (χ1v) is 7.77. The fraction of sp³-hybridized carbons (Fsp3) is 0.500. The monoisotopic (exact) mass is 285 g/mol. The molecule has 2 aromatic heterocycles. The molecule has 1 atom stereocenters. The number of pyridine rings is 1. The van der Waals surface area contributed by atoms with Crippen molar-refractivity contribution in [3.8, 4) is 0 Å². The van der Waals surface area contributed by atoms with Gasteiger partial charge in [0.25, 0.3) is 0 Å². The average molecular weight is 285 g/mol. The van der Waals surface area contributed by atoms with Gasteiger partial charge in [-0.1, -0.05) is 19.3 Å². The van der Waals surface area contributed by atoms with Gasteiger partial charge < -0.3 is 0 Å². The SMILES string of the molecule is NNC(Cc1ccn(C2CCCCC2)n1)c1ccncc1. The smallest absolute Gasteiger partial charge is 0.0644 e. The Balaban J connectivity index is 1.68. The van der Waals surface area contributed by atoms with E-state index in [9.17, 15) is 0 Å². The van der Waals surface area contributed by atoms with E-state index in [0.29, 0.717) is 6.04 Å². The molecule has 0 amide bonds. The summed E-state index contributed by atoms with van der Waals surface area (Å²) in [5.41, 5.74) is 5.10. The molecule has 1 saturated carbocycles. The summed E-state index contributed by atoms with van der Waals surface area (Å²) in [6, 6.07) is 6.74. The van der Waals surface area contributed by atoms with Crippen LogP contribution in [-0.4, -0.2) is 14.8 Å². The average Bonchev–Trinajstić information content (AvgIpc) is 3.03. The number of nitrogens with one attached hydrogen (secondary N) is 1. The molecule has 1 unspecified atom stereocenters. The van der Waals surface area contributed by atoms with Gasteiger partial charge in [0.05, 0.1) is 17.8 Å². The summed E-state index contributed by atoms with van der Waals surface area (Å²) < 4.78 is 2.15. The summed E-state index contributed by atoms with van der Waals surface area (Å²) in [7, 11) is 0. The summed E-state index contributed by atoms with van der Waals surface area (Å²) in [6.45, 7) is 0. The quantitative estimate of drug-likeness (QED) is 0.654. The molecule has 0 aromatic carbocycles. The third kappa shape index (κ3) is 3.49. The molecule has 1 aliphatic rings. The molecule has 1 fully saturated rings. The van der Waals surface area contributed by atoms with Gasteiger partial charge in [0, 0.05) is 25.0 Å². The molecule has 112 valence electrons. The third-order valence-corrected chi connectivity index (χ3v) is 4.34. The molecule has 5 heteroatoms. The van der Waals surface area contributed by atoms with Crippen molar-refractivity contribution in [1.29, 1.82) is 0 Å². The van der Waals surface area contributed by atoms with Gasteiger partial charge in [-0.15, -0.1) is 0 Å². The Morgan fingerprint density at radius 3 is 2.67 bits per heavy atom. The maximum atomic E-state index is 5.70. The van der Waals surface area contributed by atoms with Crippen LogP contribution >= 0.6 is 0 Å². The molecule has 1 aliphatic carbocycles. The minimum atomic E-state index is 0.0719. The number of nitrogens with two attached hydrogens (primary N) is 1. The molecule has 3 rings (SSSR count). The van der Waals surface area contributed by atoms with Gasteiger partial charge in [-0.3, -0.25) is 20.9 Å². The highest BCUT2D eigenvalue weighted by atomic mass is 15.3. The number of rotatable bonds is 5. The van der Waals surface area contributed by atoms with E-state index in [-0.39, 0.29) is 6.04 Å². The summed E-state index contributed by atoms with van der Waals surface area (Å²) >= 11 is 0. The molecule has 21 heavy (non-hydrogen) atoms. The zero-order valence-corrected chi connectivity index (χ0v) is 12.3. The predicted octanol–water partition coefficient (Wildman–Crippen LogP) is 2.53. The van der Waals surface area contributed by atoms with E-state index in [2.05, 4.69) is 27.4 Å². The first-order chi connectivity index (χ1) is 10.4. The lowest BCUT2D eigenvalue weighted by molar-refractivity contribution is 0.327. The highest BCUT2D eigenvalue weighted by Gasteiger charge is 2.17. The topological polar surface area (TPSA) is 68.8 Å². The lowest BCUT2D eigenvalue weighted by Crippen LogP contribution is -2.29. The number of nitrogens with zero attached hydrogens (tertiary/aromatic N) is 3. The summed E-state index contributed by atoms with van der Waals surface area (Å²) in [5.74, 6) is 5.70. The van der Waals surface area contributed by atoms with E-state index in [1.807, 2.05) is 12.1 Å². The van der Waals surface area contributed by atoms with E-state index in [4.69, 9.17) is 10.9 Å². The molecule has 0 saturated heterocycles. The van der Waals surface area contributed by atoms with E-state index < -0.39 is 0 Å². The zero-order chi connectivity index (χ0) is 14.5. The maximum absolute atomic E-state index is 5.70. The van der Waals surface area contributed by atoms with Crippen molar-refractivity contribution in [3.63, 3.8) is 0 Å². The Bertz CT molecular complexity index is 545. The van der Waals surface area contributed by atoms with Crippen molar-refractivity contribution < 1.29 is 0 Å². The third-order valence-electron chi connectivity index (χ3n) is 4.34. The summed E-state index contributed by atoms with van der Waals surface area (Å²) in [4.78, 5) is 4.05. The number of hydrazine groups is 1. The first kappa shape index (κ1) is 14.2. The molecular weight excluding hydrogens is 262 g/mol. The van der Waals surface area contributed by atoms with Gasteiger partial charge in [0.1, 0.15) is 0 Å². The van der Waals surface area contributed by atoms with Gasteiger partial charge in [-0.25, -0.2) is 0 Å². The zero-order valence-electron chi connectivity index (χ0n) is 12.3. The molecule has 0 bridgehead atoms. The minimum Gasteiger partial charge on any atom is -0.271 e. The molecule has 0 spiro atoms. The van der Waals surface area contributed by atoms with E-state index in [0.717, 1.165) is 17.7 Å². The minimum absolute atomic E-state index is 0.0719. The largest absolute Gasteiger partial charge is 0.271 e. The van der Waals surface area contributed by atoms with E-state index >= 15 is 0 Å². The molecule has 2 heterocycles. The lowest BCUT2D eigenvalue weighted by atomic mass is 9.96. The van der Waals surface area contributed by atoms with Crippen LogP contribution in [0.4, 0.5) is 0 Å². The number of hydrogen-bond acceptors (Lipinski definition) is 4. The van der Waals surface area contributed by atoms with Crippen LogP contribution in [0.25, 0.3) is 0 Å². The second-order valence-corrected chi connectivity index (χ2v) is 5.78. The van der Waals surface area contributed by atoms with Crippen LogP contribution in [0.1, 0.15) is 55.4 Å². The summed E-state index contributed by atoms with van der Waals surface area (Å²) in [6.07, 6.45) is 13.0. The standard InChI is InChI=1S/C16H23N5/c17-19-16(13-6-9-18-10-7-13)12-14-8-11-21(20-14)15-4-2-1-3-5-15/h6-11,15-16,19H,1-5,12,17H2. The Morgan fingerprint density at radius 1 is 1.19 bits per heavy atom. The van der Waals surface area contributed by atoms with Crippen molar-refractivity contribution in [3.05, 3.63) is 48.0 Å². The molecule has 2 aromatic rings. The van der Waals surface area contributed by atoms with Crippen LogP contribution in [0.3, 0.4) is 0 Å². The molecule has 3 N–H and O–H groups in total. The second-order valence-electron chi connectivity index (χ2n) is 5.78. The van der Waals surface area contributed by atoms with Crippen LogP contribution in [-0.2, 0) is 6.42 Å². The van der Waals surface area contributed by atoms with Gasteiger partial charge in [0.15, 0.2) is 0 Å². The molecule has 0 radical (unpaired) electrons. The Labute approximate surface area is 125 Å². The highest BCUT2D eigenvalue weighted by Crippen LogP contribution is 2.27. The van der Waals surface area contributed by atoms with Gasteiger partial charge >= 0.3 is 0 Å². The fourth-order valence-corrected chi connectivity index (χ4v) is 3.11. The van der Waals surface area contributed by atoms with Crippen LogP contribution in [0.15, 0.2) is 36.8 Å². The van der Waals surface area contributed by atoms with Gasteiger partial charge in [0.2, 0.25) is 0 Å². The van der Waals surface area contributed by atoms with Crippen molar-refractivity contribution in [2.24, 2.45) is 5.84 Å². The Kier molecular flexibility index (Phi) is 4.62. The van der Waals surface area contributed by atoms with Crippen LogP contribution < -0.4 is 11.3 Å². The van der Waals surface area contributed by atoms with Crippen LogP contribution in [0.5, 0.6) is 0 Å². The normalized spacial score (nSPS) is 17.8. The van der Waals surface area contributed by atoms with E-state index in [1.165, 1.54) is 32.1 Å². The molecular formula is C16H23N5. The Hall–Kier alpha value is -1.72. The second kappa shape index (κ2) is 6.83. The van der Waals surface area contributed by atoms with Gasteiger partial charge in [-0.05, 0) is 36.6 Å².